The minimum Gasteiger partial charge on any atom is -0.444 e. The van der Waals surface area contributed by atoms with Crippen LogP contribution in [0, 0.1) is 10.1 Å². The maximum atomic E-state index is 8.00. The molecule has 0 aromatic rings. The Kier molecular flexibility index (Phi) is 30.8. The summed E-state index contributed by atoms with van der Waals surface area (Å²) in [5, 5.41) is 9.00. The summed E-state index contributed by atoms with van der Waals surface area (Å²) in [4.78, 5) is 8.00. The van der Waals surface area contributed by atoms with Crippen molar-refractivity contribution in [3.63, 3.8) is 0 Å². The summed E-state index contributed by atoms with van der Waals surface area (Å²) in [5.74, 6) is 0. The SMILES string of the molecule is NC(N)=S.O=N[O-].[Na+]. The van der Waals surface area contributed by atoms with Crippen LogP contribution in [0.5, 0.6) is 0 Å². The molecule has 0 saturated heterocycles. The number of rotatable bonds is 0. The van der Waals surface area contributed by atoms with E-state index in [1.807, 2.05) is 0 Å². The Labute approximate surface area is 73.6 Å². The third kappa shape index (κ3) is 19500. The molecule has 42 valence electrons. The monoisotopic (exact) mass is 145 g/mol. The van der Waals surface area contributed by atoms with Crippen LogP contribution >= 0.6 is 12.2 Å². The number of nitrogens with zero attached hydrogens (tertiary/aromatic N) is 1. The fraction of sp³-hybridized carbons (Fsp3) is 0. The number of hydrogen-bond donors (Lipinski definition) is 2. The van der Waals surface area contributed by atoms with Gasteiger partial charge in [0.25, 0.3) is 0 Å². The van der Waals surface area contributed by atoms with E-state index in [0.717, 1.165) is 5.34 Å². The first-order valence-corrected chi connectivity index (χ1v) is 1.55. The van der Waals surface area contributed by atoms with Crippen LogP contribution in [0.1, 0.15) is 0 Å². The topological polar surface area (TPSA) is 105 Å². The van der Waals surface area contributed by atoms with Crippen molar-refractivity contribution in [3.05, 3.63) is 10.1 Å². The third-order valence-corrected chi connectivity index (χ3v) is 0. The van der Waals surface area contributed by atoms with E-state index in [9.17, 15) is 0 Å². The molecular formula is CH4N3NaO2S. The molecule has 0 atom stereocenters. The van der Waals surface area contributed by atoms with Crippen LogP contribution in [0.2, 0.25) is 0 Å². The molecule has 0 amide bonds. The molecule has 0 bridgehead atoms. The molecule has 0 saturated carbocycles. The average molecular weight is 145 g/mol. The normalized spacial score (nSPS) is 4.50. The molecule has 0 aliphatic rings. The van der Waals surface area contributed by atoms with Crippen molar-refractivity contribution in [3.8, 4) is 0 Å². The average Bonchev–Trinajstić information content (AvgIpc) is 1.33. The summed E-state index contributed by atoms with van der Waals surface area (Å²) >= 11 is 4.09. The molecule has 0 unspecified atom stereocenters. The second-order valence-electron chi connectivity index (χ2n) is 0.477. The second-order valence-corrected chi connectivity index (χ2v) is 0.948. The maximum absolute atomic E-state index is 8.00. The van der Waals surface area contributed by atoms with E-state index >= 15 is 0 Å². The van der Waals surface area contributed by atoms with Crippen molar-refractivity contribution < 1.29 is 29.6 Å². The molecule has 4 N–H and O–H groups in total. The van der Waals surface area contributed by atoms with Gasteiger partial charge >= 0.3 is 29.6 Å². The fourth-order valence-corrected chi connectivity index (χ4v) is 0. The molecule has 0 heterocycles. The van der Waals surface area contributed by atoms with Gasteiger partial charge in [0.05, 0.1) is 0 Å². The van der Waals surface area contributed by atoms with Gasteiger partial charge in [-0.1, -0.05) is 0 Å². The first-order chi connectivity index (χ1) is 3.15. The first kappa shape index (κ1) is 15.7. The Morgan fingerprint density at radius 3 is 1.62 bits per heavy atom. The van der Waals surface area contributed by atoms with Gasteiger partial charge in [0.15, 0.2) is 5.11 Å². The Morgan fingerprint density at radius 1 is 1.62 bits per heavy atom. The van der Waals surface area contributed by atoms with E-state index in [0.29, 0.717) is 0 Å². The number of thiocarbonyl (C=S) groups is 1. The number of nitrogens with two attached hydrogens (primary N) is 2. The minimum absolute atomic E-state index is 0. The van der Waals surface area contributed by atoms with Gasteiger partial charge in [-0.2, -0.15) is 0 Å². The summed E-state index contributed by atoms with van der Waals surface area (Å²) in [7, 11) is 0. The molecule has 0 fully saturated rings. The Bertz CT molecular complexity index is 64.3. The van der Waals surface area contributed by atoms with Gasteiger partial charge in [0.1, 0.15) is 0 Å². The van der Waals surface area contributed by atoms with Crippen molar-refractivity contribution >= 4 is 17.3 Å². The summed E-state index contributed by atoms with van der Waals surface area (Å²) in [6, 6.07) is 0. The van der Waals surface area contributed by atoms with E-state index in [1.54, 1.807) is 0 Å². The zero-order chi connectivity index (χ0) is 6.28. The van der Waals surface area contributed by atoms with Crippen LogP contribution in [-0.2, 0) is 0 Å². The standard InChI is InChI=1S/CH4N2S.HNO2.Na/c2-1(3)4;2-1-3;/h(H4,2,3,4);(H,2,3);/q;;+1/p-1. The summed E-state index contributed by atoms with van der Waals surface area (Å²) in [5.41, 5.74) is 9.24. The molecule has 0 spiro atoms. The van der Waals surface area contributed by atoms with Crippen LogP contribution < -0.4 is 41.0 Å². The van der Waals surface area contributed by atoms with Crippen LogP contribution in [0.15, 0.2) is 5.34 Å². The van der Waals surface area contributed by atoms with Gasteiger partial charge < -0.3 is 21.6 Å². The molecule has 0 aromatic heterocycles. The van der Waals surface area contributed by atoms with E-state index in [4.69, 9.17) is 10.1 Å². The Morgan fingerprint density at radius 2 is 1.62 bits per heavy atom. The molecule has 5 nitrogen and oxygen atoms in total. The molecule has 8 heavy (non-hydrogen) atoms. The van der Waals surface area contributed by atoms with Crippen LogP contribution in [0.3, 0.4) is 0 Å². The molecule has 7 heteroatoms. The first-order valence-electron chi connectivity index (χ1n) is 1.15. The minimum atomic E-state index is 0. The maximum Gasteiger partial charge on any atom is 1.00 e. The van der Waals surface area contributed by atoms with Crippen LogP contribution in [0.25, 0.3) is 0 Å². The van der Waals surface area contributed by atoms with Crippen molar-refractivity contribution in [2.75, 3.05) is 0 Å². The number of hydrogen-bond acceptors (Lipinski definition) is 4. The van der Waals surface area contributed by atoms with E-state index in [-0.39, 0.29) is 34.7 Å². The van der Waals surface area contributed by atoms with Crippen LogP contribution in [0.4, 0.5) is 0 Å². The molecule has 0 aliphatic carbocycles. The van der Waals surface area contributed by atoms with E-state index < -0.39 is 0 Å². The molecule has 0 aliphatic heterocycles. The van der Waals surface area contributed by atoms with Gasteiger partial charge in [0.2, 0.25) is 0 Å². The Balaban J connectivity index is -0.0000000575. The van der Waals surface area contributed by atoms with Gasteiger partial charge in [-0.05, 0) is 12.2 Å². The fourth-order valence-electron chi connectivity index (χ4n) is 0. The van der Waals surface area contributed by atoms with Gasteiger partial charge in [0, 0.05) is 0 Å². The predicted molar refractivity (Wildman–Crippen MR) is 30.1 cm³/mol. The molecule has 0 aromatic carbocycles. The molecule has 0 rings (SSSR count). The molecular weight excluding hydrogens is 141 g/mol. The zero-order valence-electron chi connectivity index (χ0n) is 4.33. The quantitative estimate of drug-likeness (QED) is 0.159. The zero-order valence-corrected chi connectivity index (χ0v) is 7.14. The summed E-state index contributed by atoms with van der Waals surface area (Å²) in [6.45, 7) is 0. The summed E-state index contributed by atoms with van der Waals surface area (Å²) < 4.78 is 0. The van der Waals surface area contributed by atoms with Crippen molar-refractivity contribution in [2.24, 2.45) is 16.8 Å². The Hall–Kier alpha value is 0.0900. The van der Waals surface area contributed by atoms with E-state index in [1.165, 1.54) is 0 Å². The van der Waals surface area contributed by atoms with Gasteiger partial charge in [-0.25, -0.2) is 0 Å². The second kappa shape index (κ2) is 15.7. The van der Waals surface area contributed by atoms with Gasteiger partial charge in [-0.3, -0.25) is 0 Å². The smallest absolute Gasteiger partial charge is 0.444 e. The summed E-state index contributed by atoms with van der Waals surface area (Å²) in [6.07, 6.45) is 0. The van der Waals surface area contributed by atoms with Gasteiger partial charge in [-0.15, -0.1) is 5.34 Å². The van der Waals surface area contributed by atoms with Crippen molar-refractivity contribution in [2.45, 2.75) is 0 Å². The van der Waals surface area contributed by atoms with Crippen LogP contribution in [-0.4, -0.2) is 5.11 Å². The van der Waals surface area contributed by atoms with Crippen molar-refractivity contribution in [1.29, 1.82) is 0 Å². The van der Waals surface area contributed by atoms with Crippen molar-refractivity contribution in [1.82, 2.24) is 0 Å². The molecule has 0 radical (unpaired) electrons. The largest absolute Gasteiger partial charge is 1.00 e. The predicted octanol–water partition coefficient (Wildman–Crippen LogP) is -3.56. The third-order valence-electron chi connectivity index (χ3n) is 0. The van der Waals surface area contributed by atoms with E-state index in [2.05, 4.69) is 23.7 Å².